The number of nitrogens with one attached hydrogen (secondary N) is 1. The summed E-state index contributed by atoms with van der Waals surface area (Å²) in [5.41, 5.74) is 2.83. The summed E-state index contributed by atoms with van der Waals surface area (Å²) in [6.45, 7) is 7.79. The smallest absolute Gasteiger partial charge is 0.167 e. The Morgan fingerprint density at radius 1 is 0.857 bits per heavy atom. The Balaban J connectivity index is 0.00000225. The Morgan fingerprint density at radius 2 is 1.46 bits per heavy atom. The number of nitrogens with zero attached hydrogens (tertiary/aromatic N) is 3. The molecule has 2 atom stereocenters. The molecule has 2 aliphatic rings. The lowest BCUT2D eigenvalue weighted by Crippen LogP contribution is -3.14. The third kappa shape index (κ3) is 5.91. The maximum absolute atomic E-state index is 2.69. The minimum atomic E-state index is 0. The van der Waals surface area contributed by atoms with E-state index in [1.54, 1.807) is 4.90 Å². The van der Waals surface area contributed by atoms with Crippen molar-refractivity contribution in [2.75, 3.05) is 32.7 Å². The van der Waals surface area contributed by atoms with E-state index in [0.717, 1.165) is 45.8 Å². The first-order valence-electron chi connectivity index (χ1n) is 9.78. The van der Waals surface area contributed by atoms with Gasteiger partial charge >= 0.3 is 0 Å². The summed E-state index contributed by atoms with van der Waals surface area (Å²) in [6.07, 6.45) is 5.08. The molecule has 0 bridgehead atoms. The quantitative estimate of drug-likeness (QED) is 0.362. The van der Waals surface area contributed by atoms with Crippen LogP contribution in [0.15, 0.2) is 73.1 Å². The molecule has 0 amide bonds. The Kier molecular flexibility index (Phi) is 8.58. The predicted molar refractivity (Wildman–Crippen MR) is 118 cm³/mol. The molecule has 2 unspecified atom stereocenters. The summed E-state index contributed by atoms with van der Waals surface area (Å²) >= 11 is 2.42. The van der Waals surface area contributed by atoms with Gasteiger partial charge in [0.25, 0.3) is 0 Å². The first-order chi connectivity index (χ1) is 13.3. The highest BCUT2D eigenvalue weighted by Crippen LogP contribution is 2.13. The fraction of sp³-hybridized carbons (Fsp3) is 0.364. The van der Waals surface area contributed by atoms with Crippen LogP contribution in [0.25, 0.3) is 0 Å². The van der Waals surface area contributed by atoms with Gasteiger partial charge < -0.3 is 27.1 Å². The summed E-state index contributed by atoms with van der Waals surface area (Å²) in [7, 11) is 0. The third-order valence-electron chi connectivity index (χ3n) is 5.57. The number of hydrogen-bond acceptors (Lipinski definition) is 3. The van der Waals surface area contributed by atoms with Crippen LogP contribution in [0.1, 0.15) is 11.1 Å². The van der Waals surface area contributed by atoms with Gasteiger partial charge in [0.05, 0.1) is 35.6 Å². The number of piperazine rings is 1. The maximum Gasteiger partial charge on any atom is 0.167 e. The van der Waals surface area contributed by atoms with Crippen molar-refractivity contribution in [1.82, 2.24) is 12.9 Å². The molecule has 0 spiro atoms. The molecule has 28 heavy (non-hydrogen) atoms. The Bertz CT molecular complexity index is 733. The molecular formula is C22H28I2N4. The minimum Gasteiger partial charge on any atom is -1.00 e. The van der Waals surface area contributed by atoms with E-state index < -0.39 is 0 Å². The van der Waals surface area contributed by atoms with E-state index in [2.05, 4.69) is 109 Å². The summed E-state index contributed by atoms with van der Waals surface area (Å²) in [4.78, 5) is 6.82. The molecule has 1 saturated heterocycles. The standard InChI is InChI=1S/C22H27IN4.HI/c23-27-16-15-26(18-21-9-5-2-6-10-21)22(19-27)25-13-11-24(12-14-25)17-20-7-3-1-4-8-20;/h1-10,15-16,22H,11-14,17-19H2;1H. The molecule has 0 aromatic heterocycles. The van der Waals surface area contributed by atoms with Crippen LogP contribution in [0.2, 0.25) is 0 Å². The number of benzene rings is 2. The van der Waals surface area contributed by atoms with Crippen LogP contribution in [-0.2, 0) is 13.1 Å². The van der Waals surface area contributed by atoms with Gasteiger partial charge in [-0.05, 0) is 5.56 Å². The second-order valence-electron chi connectivity index (χ2n) is 7.45. The van der Waals surface area contributed by atoms with Gasteiger partial charge in [0.2, 0.25) is 0 Å². The topological polar surface area (TPSA) is 14.2 Å². The second-order valence-corrected chi connectivity index (χ2v) is 8.69. The number of rotatable bonds is 5. The van der Waals surface area contributed by atoms with E-state index in [0.29, 0.717) is 6.17 Å². The average Bonchev–Trinajstić information content (AvgIpc) is 2.72. The summed E-state index contributed by atoms with van der Waals surface area (Å²) in [6, 6.07) is 21.7. The second kappa shape index (κ2) is 10.9. The normalized spacial score (nSPS) is 23.4. The summed E-state index contributed by atoms with van der Waals surface area (Å²) in [5.74, 6) is 0. The van der Waals surface area contributed by atoms with Crippen molar-refractivity contribution in [3.05, 3.63) is 84.2 Å². The predicted octanol–water partition coefficient (Wildman–Crippen LogP) is -0.644. The highest BCUT2D eigenvalue weighted by atomic mass is 127. The van der Waals surface area contributed by atoms with Crippen LogP contribution >= 0.6 is 22.9 Å². The lowest BCUT2D eigenvalue weighted by molar-refractivity contribution is -0.903. The number of hydrogen-bond donors (Lipinski definition) is 1. The first kappa shape index (κ1) is 22.0. The number of quaternary nitrogens is 1. The molecule has 2 aliphatic heterocycles. The largest absolute Gasteiger partial charge is 1.00 e. The molecule has 4 nitrogen and oxygen atoms in total. The van der Waals surface area contributed by atoms with Gasteiger partial charge in [0.1, 0.15) is 12.7 Å². The molecule has 0 aliphatic carbocycles. The Hall–Kier alpha value is -0.680. The van der Waals surface area contributed by atoms with E-state index in [1.165, 1.54) is 11.1 Å². The van der Waals surface area contributed by atoms with Gasteiger partial charge in [0, 0.05) is 38.3 Å². The molecular weight excluding hydrogens is 574 g/mol. The third-order valence-corrected chi connectivity index (χ3v) is 6.29. The van der Waals surface area contributed by atoms with E-state index in [9.17, 15) is 0 Å². The van der Waals surface area contributed by atoms with Crippen molar-refractivity contribution < 1.29 is 28.9 Å². The zero-order valence-electron chi connectivity index (χ0n) is 16.1. The van der Waals surface area contributed by atoms with Crippen molar-refractivity contribution in [2.45, 2.75) is 19.3 Å². The van der Waals surface area contributed by atoms with Crippen LogP contribution in [0.5, 0.6) is 0 Å². The molecule has 2 aromatic rings. The Labute approximate surface area is 199 Å². The van der Waals surface area contributed by atoms with Crippen LogP contribution < -0.4 is 28.9 Å². The molecule has 0 radical (unpaired) electrons. The maximum atomic E-state index is 2.69. The molecule has 6 heteroatoms. The van der Waals surface area contributed by atoms with Crippen LogP contribution in [0, 0.1) is 0 Å². The van der Waals surface area contributed by atoms with Gasteiger partial charge in [-0.2, -0.15) is 0 Å². The highest BCUT2D eigenvalue weighted by molar-refractivity contribution is 14.1. The highest BCUT2D eigenvalue weighted by Gasteiger charge is 2.33. The van der Waals surface area contributed by atoms with Crippen molar-refractivity contribution in [1.29, 1.82) is 0 Å². The van der Waals surface area contributed by atoms with Gasteiger partial charge in [-0.1, -0.05) is 60.7 Å². The monoisotopic (exact) mass is 602 g/mol. The molecule has 0 saturated carbocycles. The molecule has 2 aromatic carbocycles. The SMILES string of the molecule is IN1C=C[NH+](Cc2ccccc2)C(N2CCN(Cc3ccccc3)CC2)C1.[I-]. The lowest BCUT2D eigenvalue weighted by atomic mass is 10.1. The Morgan fingerprint density at radius 3 is 2.11 bits per heavy atom. The number of halogens is 2. The molecule has 4 rings (SSSR count). The van der Waals surface area contributed by atoms with Crippen molar-refractivity contribution in [2.24, 2.45) is 0 Å². The lowest BCUT2D eigenvalue weighted by Gasteiger charge is -2.42. The van der Waals surface area contributed by atoms with Crippen molar-refractivity contribution in [3.8, 4) is 0 Å². The fourth-order valence-electron chi connectivity index (χ4n) is 4.06. The van der Waals surface area contributed by atoms with Gasteiger partial charge in [0.15, 0.2) is 6.17 Å². The van der Waals surface area contributed by atoms with E-state index in [4.69, 9.17) is 0 Å². The zero-order valence-corrected chi connectivity index (χ0v) is 20.4. The molecule has 150 valence electrons. The van der Waals surface area contributed by atoms with Crippen LogP contribution in [0.4, 0.5) is 0 Å². The van der Waals surface area contributed by atoms with Crippen molar-refractivity contribution in [3.63, 3.8) is 0 Å². The van der Waals surface area contributed by atoms with Crippen LogP contribution in [0.3, 0.4) is 0 Å². The van der Waals surface area contributed by atoms with E-state index >= 15 is 0 Å². The van der Waals surface area contributed by atoms with E-state index in [1.807, 2.05) is 0 Å². The van der Waals surface area contributed by atoms with Gasteiger partial charge in [-0.25, -0.2) is 4.90 Å². The van der Waals surface area contributed by atoms with Gasteiger partial charge in [-0.15, -0.1) is 0 Å². The summed E-state index contributed by atoms with van der Waals surface area (Å²) in [5, 5.41) is 0. The molecule has 1 N–H and O–H groups in total. The molecule has 2 heterocycles. The van der Waals surface area contributed by atoms with E-state index in [-0.39, 0.29) is 24.0 Å². The minimum absolute atomic E-state index is 0. The van der Waals surface area contributed by atoms with Gasteiger partial charge in [-0.3, -0.25) is 9.80 Å². The zero-order chi connectivity index (χ0) is 18.5. The fourth-order valence-corrected chi connectivity index (χ4v) is 4.60. The first-order valence-corrected chi connectivity index (χ1v) is 10.7. The average molecular weight is 602 g/mol. The van der Waals surface area contributed by atoms with Crippen molar-refractivity contribution >= 4 is 22.9 Å². The summed E-state index contributed by atoms with van der Waals surface area (Å²) < 4.78 is 2.30. The molecule has 1 fully saturated rings. The van der Waals surface area contributed by atoms with Crippen LogP contribution in [-0.4, -0.2) is 51.8 Å².